The number of benzene rings is 1. The van der Waals surface area contributed by atoms with Gasteiger partial charge in [-0.25, -0.2) is 0 Å². The molecule has 0 radical (unpaired) electrons. The number of carbonyl (C=O) groups is 2. The summed E-state index contributed by atoms with van der Waals surface area (Å²) >= 11 is 2.23. The molecule has 0 saturated heterocycles. The summed E-state index contributed by atoms with van der Waals surface area (Å²) in [7, 11) is 1.55. The van der Waals surface area contributed by atoms with Crippen molar-refractivity contribution in [3.63, 3.8) is 0 Å². The van der Waals surface area contributed by atoms with Crippen molar-refractivity contribution in [2.45, 2.75) is 19.9 Å². The van der Waals surface area contributed by atoms with E-state index in [-0.39, 0.29) is 17.6 Å². The minimum absolute atomic E-state index is 0.0236. The molecule has 2 N–H and O–H groups in total. The SMILES string of the molecule is CNC(=O)[C@@H](NC(=O)c1ccc(-c2ccc(I)cc2)o1)C(C)C. The maximum absolute atomic E-state index is 12.3. The van der Waals surface area contributed by atoms with Crippen LogP contribution in [0.25, 0.3) is 11.3 Å². The zero-order valence-corrected chi connectivity index (χ0v) is 15.4. The van der Waals surface area contributed by atoms with Crippen LogP contribution in [0.15, 0.2) is 40.8 Å². The second-order valence-corrected chi connectivity index (χ2v) is 6.73. The minimum atomic E-state index is -0.598. The van der Waals surface area contributed by atoms with Gasteiger partial charge in [0.1, 0.15) is 11.8 Å². The van der Waals surface area contributed by atoms with Crippen LogP contribution in [-0.4, -0.2) is 24.9 Å². The fourth-order valence-electron chi connectivity index (χ4n) is 2.13. The largest absolute Gasteiger partial charge is 0.451 e. The highest BCUT2D eigenvalue weighted by molar-refractivity contribution is 14.1. The second-order valence-electron chi connectivity index (χ2n) is 5.48. The monoisotopic (exact) mass is 426 g/mol. The van der Waals surface area contributed by atoms with Crippen molar-refractivity contribution >= 4 is 34.4 Å². The van der Waals surface area contributed by atoms with Gasteiger partial charge in [0.2, 0.25) is 5.91 Å². The number of hydrogen-bond acceptors (Lipinski definition) is 3. The van der Waals surface area contributed by atoms with E-state index >= 15 is 0 Å². The van der Waals surface area contributed by atoms with Crippen molar-refractivity contribution in [1.82, 2.24) is 10.6 Å². The van der Waals surface area contributed by atoms with Gasteiger partial charge in [-0.15, -0.1) is 0 Å². The molecule has 0 unspecified atom stereocenters. The van der Waals surface area contributed by atoms with Gasteiger partial charge in [-0.05, 0) is 52.8 Å². The first kappa shape index (κ1) is 17.5. The molecule has 0 fully saturated rings. The highest BCUT2D eigenvalue weighted by Crippen LogP contribution is 2.23. The standard InChI is InChI=1S/C17H19IN2O3/c1-10(2)15(17(22)19-3)20-16(21)14-9-8-13(23-14)11-4-6-12(18)7-5-11/h4-10,15H,1-3H3,(H,19,22)(H,20,21)/t15-/m0/s1. The molecule has 1 heterocycles. The van der Waals surface area contributed by atoms with E-state index in [9.17, 15) is 9.59 Å². The molecule has 1 aromatic carbocycles. The molecule has 0 bridgehead atoms. The topological polar surface area (TPSA) is 71.3 Å². The average Bonchev–Trinajstić information content (AvgIpc) is 3.02. The highest BCUT2D eigenvalue weighted by atomic mass is 127. The predicted octanol–water partition coefficient (Wildman–Crippen LogP) is 3.05. The van der Waals surface area contributed by atoms with Crippen LogP contribution in [-0.2, 0) is 4.79 Å². The maximum Gasteiger partial charge on any atom is 0.287 e. The van der Waals surface area contributed by atoms with Crippen molar-refractivity contribution in [3.8, 4) is 11.3 Å². The highest BCUT2D eigenvalue weighted by Gasteiger charge is 2.25. The van der Waals surface area contributed by atoms with E-state index in [4.69, 9.17) is 4.42 Å². The lowest BCUT2D eigenvalue weighted by Crippen LogP contribution is -2.48. The number of carbonyl (C=O) groups excluding carboxylic acids is 2. The lowest BCUT2D eigenvalue weighted by atomic mass is 10.0. The molecule has 0 saturated carbocycles. The van der Waals surface area contributed by atoms with E-state index < -0.39 is 11.9 Å². The van der Waals surface area contributed by atoms with Crippen molar-refractivity contribution in [3.05, 3.63) is 45.7 Å². The van der Waals surface area contributed by atoms with Gasteiger partial charge in [-0.3, -0.25) is 9.59 Å². The quantitative estimate of drug-likeness (QED) is 0.723. The Labute approximate surface area is 149 Å². The van der Waals surface area contributed by atoms with E-state index in [1.807, 2.05) is 38.1 Å². The Morgan fingerprint density at radius 3 is 2.30 bits per heavy atom. The zero-order chi connectivity index (χ0) is 17.0. The summed E-state index contributed by atoms with van der Waals surface area (Å²) in [5.41, 5.74) is 0.899. The van der Waals surface area contributed by atoms with Gasteiger partial charge in [-0.2, -0.15) is 0 Å². The van der Waals surface area contributed by atoms with Crippen molar-refractivity contribution < 1.29 is 14.0 Å². The van der Waals surface area contributed by atoms with Crippen molar-refractivity contribution in [2.75, 3.05) is 7.05 Å². The molecular formula is C17H19IN2O3. The number of amides is 2. The fourth-order valence-corrected chi connectivity index (χ4v) is 2.49. The van der Waals surface area contributed by atoms with E-state index in [1.165, 1.54) is 0 Å². The molecule has 0 spiro atoms. The van der Waals surface area contributed by atoms with Gasteiger partial charge < -0.3 is 15.1 Å². The molecule has 122 valence electrons. The summed E-state index contributed by atoms with van der Waals surface area (Å²) in [5, 5.41) is 5.27. The summed E-state index contributed by atoms with van der Waals surface area (Å²) in [4.78, 5) is 24.1. The van der Waals surface area contributed by atoms with Crippen LogP contribution in [0.1, 0.15) is 24.4 Å². The Morgan fingerprint density at radius 1 is 1.09 bits per heavy atom. The van der Waals surface area contributed by atoms with Crippen LogP contribution in [0.3, 0.4) is 0 Å². The molecule has 6 heteroatoms. The van der Waals surface area contributed by atoms with Gasteiger partial charge in [0.25, 0.3) is 5.91 Å². The third-order valence-electron chi connectivity index (χ3n) is 3.44. The number of rotatable bonds is 5. The van der Waals surface area contributed by atoms with Crippen LogP contribution in [0, 0.1) is 9.49 Å². The summed E-state index contributed by atoms with van der Waals surface area (Å²) in [6.45, 7) is 3.75. The van der Waals surface area contributed by atoms with E-state index in [1.54, 1.807) is 19.2 Å². The summed E-state index contributed by atoms with van der Waals surface area (Å²) in [6, 6.07) is 10.6. The first-order valence-electron chi connectivity index (χ1n) is 7.30. The van der Waals surface area contributed by atoms with Crippen LogP contribution in [0.4, 0.5) is 0 Å². The molecule has 0 aliphatic carbocycles. The summed E-state index contributed by atoms with van der Waals surface area (Å²) in [5.74, 6) is 0.159. The molecule has 0 aliphatic rings. The summed E-state index contributed by atoms with van der Waals surface area (Å²) in [6.07, 6.45) is 0. The number of likely N-dealkylation sites (N-methyl/N-ethyl adjacent to an activating group) is 1. The molecule has 5 nitrogen and oxygen atoms in total. The van der Waals surface area contributed by atoms with Gasteiger partial charge in [0.15, 0.2) is 5.76 Å². The molecule has 1 aromatic heterocycles. The molecule has 23 heavy (non-hydrogen) atoms. The minimum Gasteiger partial charge on any atom is -0.451 e. The van der Waals surface area contributed by atoms with Crippen LogP contribution >= 0.6 is 22.6 Å². The fraction of sp³-hybridized carbons (Fsp3) is 0.294. The maximum atomic E-state index is 12.3. The first-order chi connectivity index (χ1) is 10.9. The van der Waals surface area contributed by atoms with Crippen LogP contribution in [0.2, 0.25) is 0 Å². The second kappa shape index (κ2) is 7.63. The Hall–Kier alpha value is -1.83. The number of nitrogens with one attached hydrogen (secondary N) is 2. The van der Waals surface area contributed by atoms with Crippen molar-refractivity contribution in [1.29, 1.82) is 0 Å². The van der Waals surface area contributed by atoms with Gasteiger partial charge in [0, 0.05) is 16.2 Å². The average molecular weight is 426 g/mol. The molecule has 2 rings (SSSR count). The third kappa shape index (κ3) is 4.34. The smallest absolute Gasteiger partial charge is 0.287 e. The Kier molecular flexibility index (Phi) is 5.81. The zero-order valence-electron chi connectivity index (χ0n) is 13.2. The lowest BCUT2D eigenvalue weighted by Gasteiger charge is -2.19. The number of furan rings is 1. The van der Waals surface area contributed by atoms with Gasteiger partial charge >= 0.3 is 0 Å². The Morgan fingerprint density at radius 2 is 1.74 bits per heavy atom. The molecule has 1 atom stereocenters. The van der Waals surface area contributed by atoms with E-state index in [0.717, 1.165) is 9.13 Å². The predicted molar refractivity (Wildman–Crippen MR) is 97.0 cm³/mol. The third-order valence-corrected chi connectivity index (χ3v) is 4.16. The van der Waals surface area contributed by atoms with Crippen LogP contribution < -0.4 is 10.6 Å². The summed E-state index contributed by atoms with van der Waals surface area (Å²) < 4.78 is 6.75. The molecule has 2 amide bonds. The van der Waals surface area contributed by atoms with E-state index in [0.29, 0.717) is 5.76 Å². The first-order valence-corrected chi connectivity index (χ1v) is 8.38. The van der Waals surface area contributed by atoms with Gasteiger partial charge in [-0.1, -0.05) is 26.0 Å². The molecule has 0 aliphatic heterocycles. The Balaban J connectivity index is 2.14. The normalized spacial score (nSPS) is 12.0. The molecular weight excluding hydrogens is 407 g/mol. The Bertz CT molecular complexity index is 692. The van der Waals surface area contributed by atoms with Gasteiger partial charge in [0.05, 0.1) is 0 Å². The lowest BCUT2D eigenvalue weighted by molar-refractivity contribution is -0.123. The number of hydrogen-bond donors (Lipinski definition) is 2. The van der Waals surface area contributed by atoms with Crippen molar-refractivity contribution in [2.24, 2.45) is 5.92 Å². The molecule has 2 aromatic rings. The van der Waals surface area contributed by atoms with Crippen LogP contribution in [0.5, 0.6) is 0 Å². The van der Waals surface area contributed by atoms with E-state index in [2.05, 4.69) is 33.2 Å². The number of halogens is 1.